The molecular weight excluding hydrogens is 370 g/mol. The Morgan fingerprint density at radius 3 is 2.80 bits per heavy atom. The largest absolute Gasteiger partial charge is 0.369 e. The summed E-state index contributed by atoms with van der Waals surface area (Å²) in [6.45, 7) is 2.81. The number of benzene rings is 2. The number of aromatic amines is 1. The van der Waals surface area contributed by atoms with Gasteiger partial charge in [0.15, 0.2) is 0 Å². The van der Waals surface area contributed by atoms with Crippen LogP contribution in [0.2, 0.25) is 0 Å². The van der Waals surface area contributed by atoms with E-state index in [1.54, 1.807) is 0 Å². The molecule has 0 spiro atoms. The van der Waals surface area contributed by atoms with E-state index in [1.807, 2.05) is 25.3 Å². The molecule has 1 heterocycles. The molecule has 2 aromatic carbocycles. The van der Waals surface area contributed by atoms with Crippen LogP contribution in [0.15, 0.2) is 53.5 Å². The van der Waals surface area contributed by atoms with E-state index in [0.29, 0.717) is 6.04 Å². The highest BCUT2D eigenvalue weighted by atomic mass is 15.2. The molecule has 1 aliphatic rings. The molecular formula is C25H33N5. The summed E-state index contributed by atoms with van der Waals surface area (Å²) in [5.41, 5.74) is 5.19. The SMILES string of the molecule is CN(C)C=NCCCCN(Cc1nc2ccccc2[nH]1)C1CCCc2ccccc21. The number of unbranched alkanes of at least 4 members (excludes halogenated alkanes) is 1. The second-order valence-electron chi connectivity index (χ2n) is 8.47. The standard InChI is InChI=1S/C25H33N5/c1-29(2)19-26-16-7-8-17-30(18-25-27-22-13-5-6-14-23(22)28-25)24-15-9-11-20-10-3-4-12-21(20)24/h3-6,10,12-14,19,24H,7-9,11,15-18H2,1-2H3,(H,27,28). The normalized spacial score (nSPS) is 16.4. The number of hydrogen-bond donors (Lipinski definition) is 1. The molecule has 0 radical (unpaired) electrons. The van der Waals surface area contributed by atoms with Gasteiger partial charge in [0.05, 0.1) is 23.9 Å². The van der Waals surface area contributed by atoms with E-state index < -0.39 is 0 Å². The Morgan fingerprint density at radius 2 is 1.93 bits per heavy atom. The molecule has 0 fully saturated rings. The smallest absolute Gasteiger partial charge is 0.121 e. The molecule has 0 saturated heterocycles. The van der Waals surface area contributed by atoms with Crippen molar-refractivity contribution in [2.24, 2.45) is 4.99 Å². The molecule has 158 valence electrons. The maximum absolute atomic E-state index is 4.85. The molecule has 5 heteroatoms. The fourth-order valence-corrected chi connectivity index (χ4v) is 4.46. The molecule has 1 atom stereocenters. The van der Waals surface area contributed by atoms with E-state index in [-0.39, 0.29) is 0 Å². The van der Waals surface area contributed by atoms with Gasteiger partial charge in [0.2, 0.25) is 0 Å². The van der Waals surface area contributed by atoms with Crippen LogP contribution in [0.25, 0.3) is 11.0 Å². The van der Waals surface area contributed by atoms with Crippen molar-refractivity contribution in [3.63, 3.8) is 0 Å². The van der Waals surface area contributed by atoms with Gasteiger partial charge >= 0.3 is 0 Å². The molecule has 4 rings (SSSR count). The number of imidazole rings is 1. The molecule has 3 aromatic rings. The van der Waals surface area contributed by atoms with E-state index in [1.165, 1.54) is 30.4 Å². The Hall–Kier alpha value is -2.66. The fraction of sp³-hybridized carbons (Fsp3) is 0.440. The Balaban J connectivity index is 1.49. The minimum atomic E-state index is 0.466. The lowest BCUT2D eigenvalue weighted by Crippen LogP contribution is -2.32. The van der Waals surface area contributed by atoms with Crippen LogP contribution in [0.3, 0.4) is 0 Å². The summed E-state index contributed by atoms with van der Waals surface area (Å²) in [7, 11) is 4.03. The van der Waals surface area contributed by atoms with Crippen LogP contribution in [0.4, 0.5) is 0 Å². The molecule has 30 heavy (non-hydrogen) atoms. The molecule has 1 N–H and O–H groups in total. The zero-order valence-electron chi connectivity index (χ0n) is 18.2. The molecule has 1 unspecified atom stereocenters. The van der Waals surface area contributed by atoms with Crippen LogP contribution >= 0.6 is 0 Å². The van der Waals surface area contributed by atoms with Gasteiger partial charge in [0.25, 0.3) is 0 Å². The summed E-state index contributed by atoms with van der Waals surface area (Å²) in [5.74, 6) is 1.06. The Labute approximate surface area is 179 Å². The van der Waals surface area contributed by atoms with Crippen LogP contribution in [0, 0.1) is 0 Å². The topological polar surface area (TPSA) is 47.5 Å². The van der Waals surface area contributed by atoms with E-state index in [0.717, 1.165) is 49.3 Å². The van der Waals surface area contributed by atoms with Crippen molar-refractivity contribution in [2.45, 2.75) is 44.7 Å². The monoisotopic (exact) mass is 403 g/mol. The molecule has 0 saturated carbocycles. The lowest BCUT2D eigenvalue weighted by molar-refractivity contribution is 0.163. The first-order valence-corrected chi connectivity index (χ1v) is 11.1. The lowest BCUT2D eigenvalue weighted by atomic mass is 9.86. The summed E-state index contributed by atoms with van der Waals surface area (Å²) in [6.07, 6.45) is 7.83. The van der Waals surface area contributed by atoms with Crippen molar-refractivity contribution in [2.75, 3.05) is 27.2 Å². The molecule has 1 aliphatic carbocycles. The number of H-pyrrole nitrogens is 1. The van der Waals surface area contributed by atoms with Gasteiger partial charge in [-0.05, 0) is 61.9 Å². The Morgan fingerprint density at radius 1 is 1.10 bits per heavy atom. The van der Waals surface area contributed by atoms with E-state index >= 15 is 0 Å². The number of para-hydroxylation sites is 2. The first kappa shape index (κ1) is 20.6. The average molecular weight is 404 g/mol. The minimum Gasteiger partial charge on any atom is -0.369 e. The maximum Gasteiger partial charge on any atom is 0.121 e. The second-order valence-corrected chi connectivity index (χ2v) is 8.47. The third-order valence-electron chi connectivity index (χ3n) is 5.86. The van der Waals surface area contributed by atoms with Gasteiger partial charge in [-0.15, -0.1) is 0 Å². The zero-order valence-corrected chi connectivity index (χ0v) is 18.2. The molecule has 5 nitrogen and oxygen atoms in total. The number of aromatic nitrogens is 2. The fourth-order valence-electron chi connectivity index (χ4n) is 4.46. The molecule has 0 bridgehead atoms. The maximum atomic E-state index is 4.85. The quantitative estimate of drug-likeness (QED) is 0.317. The highest BCUT2D eigenvalue weighted by Crippen LogP contribution is 2.35. The summed E-state index contributed by atoms with van der Waals surface area (Å²) < 4.78 is 0. The van der Waals surface area contributed by atoms with E-state index in [4.69, 9.17) is 4.98 Å². The van der Waals surface area contributed by atoms with Crippen LogP contribution < -0.4 is 0 Å². The summed E-state index contributed by atoms with van der Waals surface area (Å²) in [4.78, 5) is 17.5. The summed E-state index contributed by atoms with van der Waals surface area (Å²) in [6, 6.07) is 17.8. The van der Waals surface area contributed by atoms with Crippen molar-refractivity contribution in [1.82, 2.24) is 19.8 Å². The van der Waals surface area contributed by atoms with Gasteiger partial charge in [0.1, 0.15) is 5.82 Å². The minimum absolute atomic E-state index is 0.466. The number of nitrogens with one attached hydrogen (secondary N) is 1. The number of nitrogens with zero attached hydrogens (tertiary/aromatic N) is 4. The van der Waals surface area contributed by atoms with E-state index in [9.17, 15) is 0 Å². The first-order valence-electron chi connectivity index (χ1n) is 11.1. The van der Waals surface area contributed by atoms with Crippen molar-refractivity contribution in [3.05, 3.63) is 65.5 Å². The highest BCUT2D eigenvalue weighted by Gasteiger charge is 2.26. The second kappa shape index (κ2) is 9.90. The summed E-state index contributed by atoms with van der Waals surface area (Å²) in [5, 5.41) is 0. The van der Waals surface area contributed by atoms with Crippen LogP contribution in [0.5, 0.6) is 0 Å². The van der Waals surface area contributed by atoms with Gasteiger partial charge in [-0.2, -0.15) is 0 Å². The van der Waals surface area contributed by atoms with Gasteiger partial charge in [-0.25, -0.2) is 4.98 Å². The van der Waals surface area contributed by atoms with Crippen molar-refractivity contribution < 1.29 is 0 Å². The number of aryl methyl sites for hydroxylation is 1. The zero-order chi connectivity index (χ0) is 20.8. The highest BCUT2D eigenvalue weighted by molar-refractivity contribution is 5.74. The number of aliphatic imine (C=N–C) groups is 1. The van der Waals surface area contributed by atoms with Crippen molar-refractivity contribution in [1.29, 1.82) is 0 Å². The van der Waals surface area contributed by atoms with Gasteiger partial charge < -0.3 is 9.88 Å². The van der Waals surface area contributed by atoms with Crippen molar-refractivity contribution in [3.8, 4) is 0 Å². The third-order valence-corrected chi connectivity index (χ3v) is 5.86. The van der Waals surface area contributed by atoms with Gasteiger partial charge in [-0.3, -0.25) is 9.89 Å². The average Bonchev–Trinajstić information content (AvgIpc) is 3.17. The number of fused-ring (bicyclic) bond motifs is 2. The first-order chi connectivity index (χ1) is 14.7. The van der Waals surface area contributed by atoms with Crippen LogP contribution in [0.1, 0.15) is 48.7 Å². The van der Waals surface area contributed by atoms with Crippen LogP contribution in [-0.2, 0) is 13.0 Å². The van der Waals surface area contributed by atoms with Crippen molar-refractivity contribution >= 4 is 17.4 Å². The summed E-state index contributed by atoms with van der Waals surface area (Å²) >= 11 is 0. The van der Waals surface area contributed by atoms with Gasteiger partial charge in [-0.1, -0.05) is 36.4 Å². The third kappa shape index (κ3) is 5.08. The molecule has 1 aromatic heterocycles. The van der Waals surface area contributed by atoms with Gasteiger partial charge in [0, 0.05) is 26.7 Å². The Kier molecular flexibility index (Phi) is 6.80. The number of rotatable bonds is 9. The lowest BCUT2D eigenvalue weighted by Gasteiger charge is -2.35. The molecule has 0 amide bonds. The Bertz CT molecular complexity index is 941. The number of hydrogen-bond acceptors (Lipinski definition) is 3. The predicted molar refractivity (Wildman–Crippen MR) is 125 cm³/mol. The van der Waals surface area contributed by atoms with Crippen LogP contribution in [-0.4, -0.2) is 53.3 Å². The predicted octanol–water partition coefficient (Wildman–Crippen LogP) is 4.81. The van der Waals surface area contributed by atoms with E-state index in [2.05, 4.69) is 63.4 Å². The molecule has 0 aliphatic heterocycles.